The van der Waals surface area contributed by atoms with Gasteiger partial charge < -0.3 is 19.4 Å². The summed E-state index contributed by atoms with van der Waals surface area (Å²) >= 11 is 0. The zero-order valence-corrected chi connectivity index (χ0v) is 15.7. The van der Waals surface area contributed by atoms with Gasteiger partial charge in [-0.05, 0) is 36.4 Å². The van der Waals surface area contributed by atoms with Crippen LogP contribution in [-0.4, -0.2) is 36.4 Å². The van der Waals surface area contributed by atoms with E-state index in [9.17, 15) is 14.4 Å². The maximum atomic E-state index is 12.6. The molecule has 0 bridgehead atoms. The number of anilines is 1. The van der Waals surface area contributed by atoms with Gasteiger partial charge in [0.1, 0.15) is 11.5 Å². The third-order valence-electron chi connectivity index (χ3n) is 4.09. The highest BCUT2D eigenvalue weighted by Crippen LogP contribution is 2.19. The summed E-state index contributed by atoms with van der Waals surface area (Å²) in [6, 6.07) is 14.9. The van der Waals surface area contributed by atoms with E-state index in [1.807, 2.05) is 0 Å². The first kappa shape index (κ1) is 19.8. The van der Waals surface area contributed by atoms with Gasteiger partial charge in [-0.1, -0.05) is 18.2 Å². The van der Waals surface area contributed by atoms with E-state index < -0.39 is 18.5 Å². The standard InChI is InChI=1S/C21H19N3O5/c1-24(19(25)14-29-21(27)17-9-4-5-11-22-17)18-10-3-2-8-16(18)20(26)23-13-15-7-6-12-28-15/h2-12H,13-14H2,1H3,(H,23,26). The fourth-order valence-corrected chi connectivity index (χ4v) is 2.55. The molecule has 0 saturated carbocycles. The molecular weight excluding hydrogens is 374 g/mol. The summed E-state index contributed by atoms with van der Waals surface area (Å²) in [5.41, 5.74) is 0.815. The number of nitrogens with one attached hydrogen (secondary N) is 1. The molecule has 2 aromatic heterocycles. The van der Waals surface area contributed by atoms with Crippen molar-refractivity contribution in [2.75, 3.05) is 18.6 Å². The first-order valence-electron chi connectivity index (χ1n) is 8.80. The van der Waals surface area contributed by atoms with Crippen molar-refractivity contribution in [1.29, 1.82) is 0 Å². The van der Waals surface area contributed by atoms with Gasteiger partial charge in [0.05, 0.1) is 24.1 Å². The number of carbonyl (C=O) groups excluding carboxylic acids is 3. The van der Waals surface area contributed by atoms with Gasteiger partial charge in [-0.15, -0.1) is 0 Å². The Morgan fingerprint density at radius 2 is 1.86 bits per heavy atom. The van der Waals surface area contributed by atoms with Gasteiger partial charge in [0.15, 0.2) is 6.61 Å². The summed E-state index contributed by atoms with van der Waals surface area (Å²) < 4.78 is 10.2. The van der Waals surface area contributed by atoms with E-state index in [0.717, 1.165) is 0 Å². The molecule has 29 heavy (non-hydrogen) atoms. The highest BCUT2D eigenvalue weighted by molar-refractivity contribution is 6.05. The van der Waals surface area contributed by atoms with Crippen LogP contribution in [0.5, 0.6) is 0 Å². The molecule has 148 valence electrons. The predicted molar refractivity (Wildman–Crippen MR) is 104 cm³/mol. The summed E-state index contributed by atoms with van der Waals surface area (Å²) in [5.74, 6) is -0.929. The molecule has 0 saturated heterocycles. The van der Waals surface area contributed by atoms with Crippen LogP contribution in [0.25, 0.3) is 0 Å². The van der Waals surface area contributed by atoms with Gasteiger partial charge in [-0.25, -0.2) is 9.78 Å². The van der Waals surface area contributed by atoms with Crippen LogP contribution in [0.15, 0.2) is 71.5 Å². The lowest BCUT2D eigenvalue weighted by Crippen LogP contribution is -2.33. The number of para-hydroxylation sites is 1. The molecule has 2 amide bonds. The first-order chi connectivity index (χ1) is 14.1. The molecule has 0 fully saturated rings. The number of carbonyl (C=O) groups is 3. The van der Waals surface area contributed by atoms with Gasteiger partial charge in [0.2, 0.25) is 0 Å². The molecule has 0 unspecified atom stereocenters. The minimum absolute atomic E-state index is 0.112. The topological polar surface area (TPSA) is 102 Å². The third kappa shape index (κ3) is 5.07. The van der Waals surface area contributed by atoms with Gasteiger partial charge >= 0.3 is 5.97 Å². The second kappa shape index (κ2) is 9.32. The summed E-state index contributed by atoms with van der Waals surface area (Å²) in [6.45, 7) is -0.256. The van der Waals surface area contributed by atoms with Crippen LogP contribution in [0.4, 0.5) is 5.69 Å². The zero-order valence-electron chi connectivity index (χ0n) is 15.7. The number of benzene rings is 1. The maximum Gasteiger partial charge on any atom is 0.357 e. The van der Waals surface area contributed by atoms with E-state index in [1.165, 1.54) is 30.5 Å². The van der Waals surface area contributed by atoms with Crippen LogP contribution < -0.4 is 10.2 Å². The SMILES string of the molecule is CN(C(=O)COC(=O)c1ccccn1)c1ccccc1C(=O)NCc1ccco1. The molecule has 0 aliphatic carbocycles. The smallest absolute Gasteiger partial charge is 0.357 e. The van der Waals surface area contributed by atoms with Crippen molar-refractivity contribution >= 4 is 23.5 Å². The Morgan fingerprint density at radius 1 is 1.07 bits per heavy atom. The quantitative estimate of drug-likeness (QED) is 0.619. The Morgan fingerprint density at radius 3 is 2.59 bits per heavy atom. The van der Waals surface area contributed by atoms with E-state index in [2.05, 4.69) is 10.3 Å². The zero-order chi connectivity index (χ0) is 20.6. The lowest BCUT2D eigenvalue weighted by atomic mass is 10.1. The average molecular weight is 393 g/mol. The molecule has 8 nitrogen and oxygen atoms in total. The van der Waals surface area contributed by atoms with E-state index in [1.54, 1.807) is 48.5 Å². The molecule has 0 radical (unpaired) electrons. The number of aromatic nitrogens is 1. The number of amides is 2. The number of esters is 1. The second-order valence-corrected chi connectivity index (χ2v) is 6.02. The Balaban J connectivity index is 1.63. The summed E-state index contributed by atoms with van der Waals surface area (Å²) in [4.78, 5) is 42.1. The van der Waals surface area contributed by atoms with Crippen LogP contribution in [0.1, 0.15) is 26.6 Å². The number of rotatable bonds is 7. The van der Waals surface area contributed by atoms with Gasteiger partial charge in [0.25, 0.3) is 11.8 Å². The maximum absolute atomic E-state index is 12.6. The number of ether oxygens (including phenoxy) is 1. The van der Waals surface area contributed by atoms with E-state index in [4.69, 9.17) is 9.15 Å². The Labute approximate surface area is 167 Å². The number of furan rings is 1. The molecule has 3 rings (SSSR count). The summed E-state index contributed by atoms with van der Waals surface area (Å²) in [6.07, 6.45) is 2.98. The number of hydrogen-bond donors (Lipinski definition) is 1. The third-order valence-corrected chi connectivity index (χ3v) is 4.09. The van der Waals surface area contributed by atoms with Gasteiger partial charge in [-0.3, -0.25) is 9.59 Å². The molecule has 8 heteroatoms. The number of nitrogens with zero attached hydrogens (tertiary/aromatic N) is 2. The molecule has 2 heterocycles. The molecule has 0 aliphatic rings. The fraction of sp³-hybridized carbons (Fsp3) is 0.143. The Hall–Kier alpha value is -3.94. The minimum atomic E-state index is -0.697. The lowest BCUT2D eigenvalue weighted by molar-refractivity contribution is -0.121. The summed E-state index contributed by atoms with van der Waals surface area (Å²) in [7, 11) is 1.51. The number of likely N-dealkylation sites (N-methyl/N-ethyl adjacent to an activating group) is 1. The molecule has 1 aromatic carbocycles. The highest BCUT2D eigenvalue weighted by Gasteiger charge is 2.20. The fourth-order valence-electron chi connectivity index (χ4n) is 2.55. The van der Waals surface area contributed by atoms with E-state index in [0.29, 0.717) is 17.0 Å². The van der Waals surface area contributed by atoms with Gasteiger partial charge in [-0.2, -0.15) is 0 Å². The largest absolute Gasteiger partial charge is 0.467 e. The van der Waals surface area contributed by atoms with Crippen LogP contribution >= 0.6 is 0 Å². The van der Waals surface area contributed by atoms with Crippen LogP contribution in [0.3, 0.4) is 0 Å². The Bertz CT molecular complexity index is 987. The molecule has 0 aliphatic heterocycles. The van der Waals surface area contributed by atoms with Gasteiger partial charge in [0, 0.05) is 13.2 Å². The van der Waals surface area contributed by atoms with Crippen molar-refractivity contribution < 1.29 is 23.5 Å². The van der Waals surface area contributed by atoms with Crippen molar-refractivity contribution in [2.45, 2.75) is 6.54 Å². The van der Waals surface area contributed by atoms with Crippen LogP contribution in [0, 0.1) is 0 Å². The van der Waals surface area contributed by atoms with E-state index in [-0.39, 0.29) is 18.1 Å². The molecular formula is C21H19N3O5. The van der Waals surface area contributed by atoms with Crippen molar-refractivity contribution in [1.82, 2.24) is 10.3 Å². The van der Waals surface area contributed by atoms with Crippen molar-refractivity contribution in [3.63, 3.8) is 0 Å². The normalized spacial score (nSPS) is 10.2. The monoisotopic (exact) mass is 393 g/mol. The highest BCUT2D eigenvalue weighted by atomic mass is 16.5. The minimum Gasteiger partial charge on any atom is -0.467 e. The number of hydrogen-bond acceptors (Lipinski definition) is 6. The predicted octanol–water partition coefficient (Wildman–Crippen LogP) is 2.42. The van der Waals surface area contributed by atoms with E-state index >= 15 is 0 Å². The molecule has 0 spiro atoms. The molecule has 3 aromatic rings. The van der Waals surface area contributed by atoms with Crippen LogP contribution in [-0.2, 0) is 16.1 Å². The second-order valence-electron chi connectivity index (χ2n) is 6.02. The van der Waals surface area contributed by atoms with Crippen molar-refractivity contribution in [3.05, 3.63) is 84.1 Å². The molecule has 0 atom stereocenters. The van der Waals surface area contributed by atoms with Crippen LogP contribution in [0.2, 0.25) is 0 Å². The van der Waals surface area contributed by atoms with Crippen molar-refractivity contribution in [2.24, 2.45) is 0 Å². The summed E-state index contributed by atoms with van der Waals surface area (Å²) in [5, 5.41) is 2.74. The lowest BCUT2D eigenvalue weighted by Gasteiger charge is -2.20. The average Bonchev–Trinajstić information content (AvgIpc) is 3.29. The number of pyridine rings is 1. The first-order valence-corrected chi connectivity index (χ1v) is 8.80. The molecule has 1 N–H and O–H groups in total. The van der Waals surface area contributed by atoms with Crippen molar-refractivity contribution in [3.8, 4) is 0 Å². The Kier molecular flexibility index (Phi) is 6.36.